The monoisotopic (exact) mass is 351 g/mol. The second-order valence-corrected chi connectivity index (χ2v) is 5.35. The third-order valence-corrected chi connectivity index (χ3v) is 3.52. The van der Waals surface area contributed by atoms with Crippen molar-refractivity contribution in [2.45, 2.75) is 6.92 Å². The van der Waals surface area contributed by atoms with Crippen LogP contribution in [0.15, 0.2) is 30.5 Å². The maximum Gasteiger partial charge on any atom is 0.345 e. The summed E-state index contributed by atoms with van der Waals surface area (Å²) in [5.74, 6) is -0.686. The number of nitrogens with zero attached hydrogens (tertiary/aromatic N) is 2. The number of nitro groups is 1. The number of nitrogens with one attached hydrogen (secondary N) is 1. The minimum atomic E-state index is -0.668. The van der Waals surface area contributed by atoms with Gasteiger partial charge in [-0.05, 0) is 42.5 Å². The third-order valence-electron chi connectivity index (χ3n) is 2.66. The molecule has 0 radical (unpaired) electrons. The van der Waals surface area contributed by atoms with Crippen molar-refractivity contribution in [1.82, 2.24) is 4.98 Å². The van der Waals surface area contributed by atoms with Crippen molar-refractivity contribution >= 4 is 33.3 Å². The molecule has 1 amide bonds. The zero-order valence-corrected chi connectivity index (χ0v) is 13.4. The summed E-state index contributed by atoms with van der Waals surface area (Å²) >= 11 is 0.710. The van der Waals surface area contributed by atoms with Crippen molar-refractivity contribution in [3.05, 3.63) is 46.1 Å². The molecule has 0 fully saturated rings. The molecule has 0 unspecified atom stereocenters. The zero-order valence-electron chi connectivity index (χ0n) is 12.6. The van der Waals surface area contributed by atoms with Gasteiger partial charge in [0.15, 0.2) is 11.7 Å². The highest BCUT2D eigenvalue weighted by Crippen LogP contribution is 2.24. The molecule has 0 saturated heterocycles. The van der Waals surface area contributed by atoms with Gasteiger partial charge in [-0.15, -0.1) is 0 Å². The highest BCUT2D eigenvalue weighted by atomic mass is 32.1. The number of esters is 1. The average molecular weight is 351 g/mol. The number of aromatic nitrogens is 1. The van der Waals surface area contributed by atoms with E-state index in [4.69, 9.17) is 9.47 Å². The van der Waals surface area contributed by atoms with E-state index >= 15 is 0 Å². The van der Waals surface area contributed by atoms with E-state index in [1.807, 2.05) is 6.92 Å². The minimum Gasteiger partial charge on any atom is -0.494 e. The van der Waals surface area contributed by atoms with Gasteiger partial charge in [-0.3, -0.25) is 20.2 Å². The Hall–Kier alpha value is -3.01. The van der Waals surface area contributed by atoms with E-state index in [9.17, 15) is 19.7 Å². The number of amides is 1. The zero-order chi connectivity index (χ0) is 17.5. The van der Waals surface area contributed by atoms with Gasteiger partial charge in [-0.2, -0.15) is 0 Å². The average Bonchev–Trinajstić information content (AvgIpc) is 3.02. The van der Waals surface area contributed by atoms with Gasteiger partial charge in [0.2, 0.25) is 0 Å². The fourth-order valence-electron chi connectivity index (χ4n) is 1.63. The Morgan fingerprint density at radius 3 is 2.62 bits per heavy atom. The SMILES string of the molecule is CCOc1ccc(C(=O)OCC(=O)Nc2ncc([N+](=O)[O-])s2)cc1. The van der Waals surface area contributed by atoms with Crippen LogP contribution in [0.1, 0.15) is 17.3 Å². The van der Waals surface area contributed by atoms with Gasteiger partial charge in [0.25, 0.3) is 5.91 Å². The topological polar surface area (TPSA) is 121 Å². The number of carbonyl (C=O) groups is 2. The summed E-state index contributed by atoms with van der Waals surface area (Å²) in [6.07, 6.45) is 1.03. The van der Waals surface area contributed by atoms with Crippen LogP contribution in [-0.2, 0) is 9.53 Å². The summed E-state index contributed by atoms with van der Waals surface area (Å²) in [6, 6.07) is 6.29. The molecule has 1 aromatic carbocycles. The molecule has 0 aliphatic carbocycles. The maximum atomic E-state index is 11.8. The fourth-order valence-corrected chi connectivity index (χ4v) is 2.28. The van der Waals surface area contributed by atoms with E-state index in [-0.39, 0.29) is 15.7 Å². The van der Waals surface area contributed by atoms with Crippen LogP contribution in [0.5, 0.6) is 5.75 Å². The molecule has 1 aromatic heterocycles. The normalized spacial score (nSPS) is 10.0. The number of carbonyl (C=O) groups excluding carboxylic acids is 2. The highest BCUT2D eigenvalue weighted by molar-refractivity contribution is 7.18. The molecule has 1 heterocycles. The molecule has 24 heavy (non-hydrogen) atoms. The first-order chi connectivity index (χ1) is 11.5. The van der Waals surface area contributed by atoms with Gasteiger partial charge >= 0.3 is 11.0 Å². The summed E-state index contributed by atoms with van der Waals surface area (Å²) in [6.45, 7) is 1.83. The summed E-state index contributed by atoms with van der Waals surface area (Å²) in [5.41, 5.74) is 0.274. The van der Waals surface area contributed by atoms with Crippen LogP contribution in [-0.4, -0.2) is 35.0 Å². The lowest BCUT2D eigenvalue weighted by Gasteiger charge is -2.06. The molecule has 0 aliphatic heterocycles. The largest absolute Gasteiger partial charge is 0.494 e. The summed E-state index contributed by atoms with van der Waals surface area (Å²) in [5, 5.41) is 12.7. The van der Waals surface area contributed by atoms with Crippen molar-refractivity contribution in [3.63, 3.8) is 0 Å². The van der Waals surface area contributed by atoms with Crippen molar-refractivity contribution in [1.29, 1.82) is 0 Å². The van der Waals surface area contributed by atoms with Crippen LogP contribution in [0.25, 0.3) is 0 Å². The molecule has 0 bridgehead atoms. The molecule has 2 rings (SSSR count). The molecule has 0 spiro atoms. The number of rotatable bonds is 7. The van der Waals surface area contributed by atoms with Crippen LogP contribution in [0, 0.1) is 10.1 Å². The molecule has 0 atom stereocenters. The van der Waals surface area contributed by atoms with Crippen LogP contribution in [0.2, 0.25) is 0 Å². The smallest absolute Gasteiger partial charge is 0.345 e. The lowest BCUT2D eigenvalue weighted by molar-refractivity contribution is -0.380. The second-order valence-electron chi connectivity index (χ2n) is 4.34. The molecular weight excluding hydrogens is 338 g/mol. The summed E-state index contributed by atoms with van der Waals surface area (Å²) in [4.78, 5) is 37.1. The summed E-state index contributed by atoms with van der Waals surface area (Å²) < 4.78 is 10.1. The molecule has 2 aromatic rings. The van der Waals surface area contributed by atoms with Crippen LogP contribution >= 0.6 is 11.3 Å². The molecule has 0 aliphatic rings. The van der Waals surface area contributed by atoms with E-state index in [0.29, 0.717) is 23.7 Å². The van der Waals surface area contributed by atoms with E-state index < -0.39 is 23.4 Å². The van der Waals surface area contributed by atoms with E-state index in [1.165, 1.54) is 12.1 Å². The molecule has 1 N–H and O–H groups in total. The Kier molecular flexibility index (Phi) is 5.79. The van der Waals surface area contributed by atoms with Crippen molar-refractivity contribution in [2.24, 2.45) is 0 Å². The Morgan fingerprint density at radius 2 is 2.04 bits per heavy atom. The first kappa shape index (κ1) is 17.3. The Bertz CT molecular complexity index is 743. The van der Waals surface area contributed by atoms with E-state index in [0.717, 1.165) is 6.20 Å². The van der Waals surface area contributed by atoms with Gasteiger partial charge < -0.3 is 9.47 Å². The van der Waals surface area contributed by atoms with Crippen molar-refractivity contribution in [3.8, 4) is 5.75 Å². The van der Waals surface area contributed by atoms with E-state index in [1.54, 1.807) is 12.1 Å². The lowest BCUT2D eigenvalue weighted by Crippen LogP contribution is -2.20. The first-order valence-corrected chi connectivity index (χ1v) is 7.61. The number of anilines is 1. The van der Waals surface area contributed by atoms with Gasteiger partial charge in [0, 0.05) is 0 Å². The highest BCUT2D eigenvalue weighted by Gasteiger charge is 2.15. The van der Waals surface area contributed by atoms with E-state index in [2.05, 4.69) is 10.3 Å². The number of hydrogen-bond acceptors (Lipinski definition) is 8. The van der Waals surface area contributed by atoms with Gasteiger partial charge in [-0.1, -0.05) is 0 Å². The van der Waals surface area contributed by atoms with Crippen molar-refractivity contribution in [2.75, 3.05) is 18.5 Å². The quantitative estimate of drug-likeness (QED) is 0.461. The van der Waals surface area contributed by atoms with Crippen molar-refractivity contribution < 1.29 is 24.0 Å². The predicted octanol–water partition coefficient (Wildman–Crippen LogP) is 2.25. The summed E-state index contributed by atoms with van der Waals surface area (Å²) in [7, 11) is 0. The number of hydrogen-bond donors (Lipinski definition) is 1. The van der Waals surface area contributed by atoms with Gasteiger partial charge in [-0.25, -0.2) is 9.78 Å². The third kappa shape index (κ3) is 4.74. The Balaban J connectivity index is 1.84. The second kappa shape index (κ2) is 8.02. The predicted molar refractivity (Wildman–Crippen MR) is 85.3 cm³/mol. The maximum absolute atomic E-state index is 11.8. The number of thiazole rings is 1. The van der Waals surface area contributed by atoms with Gasteiger partial charge in [0.05, 0.1) is 17.1 Å². The molecule has 0 saturated carbocycles. The van der Waals surface area contributed by atoms with Crippen LogP contribution < -0.4 is 10.1 Å². The van der Waals surface area contributed by atoms with Crippen LogP contribution in [0.4, 0.5) is 10.1 Å². The van der Waals surface area contributed by atoms with Crippen LogP contribution in [0.3, 0.4) is 0 Å². The Labute approximate surface area is 140 Å². The molecule has 126 valence electrons. The molecule has 9 nitrogen and oxygen atoms in total. The van der Waals surface area contributed by atoms with Gasteiger partial charge in [0.1, 0.15) is 11.9 Å². The fraction of sp³-hybridized carbons (Fsp3) is 0.214. The molecule has 10 heteroatoms. The molecular formula is C14H13N3O6S. The number of ether oxygens (including phenoxy) is 2. The lowest BCUT2D eigenvalue weighted by atomic mass is 10.2. The Morgan fingerprint density at radius 1 is 1.33 bits per heavy atom. The number of benzene rings is 1. The minimum absolute atomic E-state index is 0.0591. The first-order valence-electron chi connectivity index (χ1n) is 6.79. The standard InChI is InChI=1S/C14H13N3O6S/c1-2-22-10-5-3-9(4-6-10)13(19)23-8-11(18)16-14-15-7-12(24-14)17(20)21/h3-7H,2,8H2,1H3,(H,15,16,18).